The van der Waals surface area contributed by atoms with Crippen molar-refractivity contribution in [2.24, 2.45) is 23.7 Å². The minimum absolute atomic E-state index is 0.255. The Morgan fingerprint density at radius 3 is 1.50 bits per heavy atom. The van der Waals surface area contributed by atoms with Crippen LogP contribution < -0.4 is 0 Å². The quantitative estimate of drug-likeness (QED) is 0.725. The average molecular weight is 256 g/mol. The Bertz CT molecular complexity index is 270. The van der Waals surface area contributed by atoms with Crippen LogP contribution >= 0.6 is 0 Å². The summed E-state index contributed by atoms with van der Waals surface area (Å²) in [6.45, 7) is 8.53. The van der Waals surface area contributed by atoms with E-state index in [9.17, 15) is 9.59 Å². The molecule has 0 unspecified atom stereocenters. The van der Waals surface area contributed by atoms with Crippen LogP contribution in [0.5, 0.6) is 0 Å². The van der Waals surface area contributed by atoms with Crippen LogP contribution in [0.2, 0.25) is 0 Å². The standard InChI is InChI=1S/C14H24O4/c1-5-17-13(15)11-7-9(3)10(4)8-12(11)14(16)18-6-2/h9-12H,5-8H2,1-4H3/t9-,10-,11-,12-/m0/s1. The molecule has 0 radical (unpaired) electrons. The molecule has 0 bridgehead atoms. The van der Waals surface area contributed by atoms with Gasteiger partial charge in [-0.2, -0.15) is 0 Å². The Kier molecular flexibility index (Phi) is 5.63. The summed E-state index contributed by atoms with van der Waals surface area (Å²) in [4.78, 5) is 23.9. The normalized spacial score (nSPS) is 31.8. The maximum absolute atomic E-state index is 11.9. The predicted molar refractivity (Wildman–Crippen MR) is 67.8 cm³/mol. The van der Waals surface area contributed by atoms with Crippen molar-refractivity contribution in [3.05, 3.63) is 0 Å². The number of hydrogen-bond donors (Lipinski definition) is 0. The van der Waals surface area contributed by atoms with Gasteiger partial charge in [0.05, 0.1) is 25.0 Å². The van der Waals surface area contributed by atoms with Crippen molar-refractivity contribution in [2.45, 2.75) is 40.5 Å². The number of carbonyl (C=O) groups is 2. The van der Waals surface area contributed by atoms with Crippen LogP contribution in [0.1, 0.15) is 40.5 Å². The molecule has 0 aromatic carbocycles. The first kappa shape index (κ1) is 15.0. The molecule has 1 rings (SSSR count). The van der Waals surface area contributed by atoms with Gasteiger partial charge in [-0.15, -0.1) is 0 Å². The van der Waals surface area contributed by atoms with Crippen molar-refractivity contribution in [1.29, 1.82) is 0 Å². The molecule has 0 amide bonds. The van der Waals surface area contributed by atoms with Gasteiger partial charge in [0.1, 0.15) is 0 Å². The van der Waals surface area contributed by atoms with Gasteiger partial charge in [-0.1, -0.05) is 13.8 Å². The summed E-state index contributed by atoms with van der Waals surface area (Å²) in [5.41, 5.74) is 0. The fraction of sp³-hybridized carbons (Fsp3) is 0.857. The van der Waals surface area contributed by atoms with Gasteiger partial charge in [0.2, 0.25) is 0 Å². The molecule has 0 spiro atoms. The predicted octanol–water partition coefficient (Wildman–Crippen LogP) is 2.41. The van der Waals surface area contributed by atoms with E-state index in [1.54, 1.807) is 13.8 Å². The van der Waals surface area contributed by atoms with Crippen molar-refractivity contribution in [2.75, 3.05) is 13.2 Å². The zero-order chi connectivity index (χ0) is 13.7. The molecule has 1 fully saturated rings. The largest absolute Gasteiger partial charge is 0.466 e. The lowest BCUT2D eigenvalue weighted by molar-refractivity contribution is -0.164. The lowest BCUT2D eigenvalue weighted by atomic mass is 9.69. The van der Waals surface area contributed by atoms with E-state index < -0.39 is 0 Å². The Morgan fingerprint density at radius 1 is 0.889 bits per heavy atom. The summed E-state index contributed by atoms with van der Waals surface area (Å²) in [6, 6.07) is 0. The molecule has 0 N–H and O–H groups in total. The molecular formula is C14H24O4. The minimum atomic E-state index is -0.338. The summed E-state index contributed by atoms with van der Waals surface area (Å²) < 4.78 is 10.2. The van der Waals surface area contributed by atoms with Gasteiger partial charge in [0.25, 0.3) is 0 Å². The van der Waals surface area contributed by atoms with E-state index in [1.165, 1.54) is 0 Å². The van der Waals surface area contributed by atoms with Crippen LogP contribution in [0.3, 0.4) is 0 Å². The minimum Gasteiger partial charge on any atom is -0.466 e. The van der Waals surface area contributed by atoms with Crippen LogP contribution in [0, 0.1) is 23.7 Å². The summed E-state index contributed by atoms with van der Waals surface area (Å²) in [5, 5.41) is 0. The van der Waals surface area contributed by atoms with Crippen molar-refractivity contribution in [1.82, 2.24) is 0 Å². The van der Waals surface area contributed by atoms with Gasteiger partial charge in [-0.25, -0.2) is 0 Å². The van der Waals surface area contributed by atoms with E-state index in [0.717, 1.165) is 0 Å². The third-order valence-electron chi connectivity index (χ3n) is 3.89. The molecular weight excluding hydrogens is 232 g/mol. The Morgan fingerprint density at radius 2 is 1.22 bits per heavy atom. The lowest BCUT2D eigenvalue weighted by Crippen LogP contribution is -2.40. The topological polar surface area (TPSA) is 52.6 Å². The van der Waals surface area contributed by atoms with Gasteiger partial charge in [-0.05, 0) is 38.5 Å². The molecule has 1 saturated carbocycles. The molecule has 1 aliphatic rings. The van der Waals surface area contributed by atoms with Gasteiger partial charge in [-0.3, -0.25) is 9.59 Å². The summed E-state index contributed by atoms with van der Waals surface area (Å²) in [5.74, 6) is -0.316. The van der Waals surface area contributed by atoms with Crippen LogP contribution in [0.4, 0.5) is 0 Å². The SMILES string of the molecule is CCOC(=O)[C@H]1C[C@H](C)[C@@H](C)C[C@@H]1C(=O)OCC. The van der Waals surface area contributed by atoms with Crippen LogP contribution in [-0.4, -0.2) is 25.2 Å². The van der Waals surface area contributed by atoms with Crippen molar-refractivity contribution in [3.8, 4) is 0 Å². The molecule has 4 nitrogen and oxygen atoms in total. The van der Waals surface area contributed by atoms with Gasteiger partial charge >= 0.3 is 11.9 Å². The molecule has 0 aromatic rings. The highest BCUT2D eigenvalue weighted by atomic mass is 16.5. The lowest BCUT2D eigenvalue weighted by Gasteiger charge is -2.36. The van der Waals surface area contributed by atoms with Crippen LogP contribution in [-0.2, 0) is 19.1 Å². The second-order valence-corrected chi connectivity index (χ2v) is 5.14. The third-order valence-corrected chi connectivity index (χ3v) is 3.89. The first-order valence-electron chi connectivity index (χ1n) is 6.84. The Labute approximate surface area is 109 Å². The zero-order valence-electron chi connectivity index (χ0n) is 11.8. The Balaban J connectivity index is 2.80. The van der Waals surface area contributed by atoms with E-state index in [2.05, 4.69) is 13.8 Å². The molecule has 1 aliphatic carbocycles. The Hall–Kier alpha value is -1.06. The molecule has 4 heteroatoms. The average Bonchev–Trinajstić information content (AvgIpc) is 2.32. The first-order valence-corrected chi connectivity index (χ1v) is 6.84. The summed E-state index contributed by atoms with van der Waals surface area (Å²) >= 11 is 0. The van der Waals surface area contributed by atoms with Gasteiger partial charge < -0.3 is 9.47 Å². The fourth-order valence-corrected chi connectivity index (χ4v) is 2.61. The van der Waals surface area contributed by atoms with E-state index in [-0.39, 0.29) is 23.8 Å². The highest BCUT2D eigenvalue weighted by Gasteiger charge is 2.42. The second kappa shape index (κ2) is 6.76. The van der Waals surface area contributed by atoms with Crippen LogP contribution in [0.15, 0.2) is 0 Å². The van der Waals surface area contributed by atoms with Gasteiger partial charge in [0.15, 0.2) is 0 Å². The number of carbonyl (C=O) groups excluding carboxylic acids is 2. The first-order chi connectivity index (χ1) is 8.51. The molecule has 0 aromatic heterocycles. The van der Waals surface area contributed by atoms with E-state index >= 15 is 0 Å². The molecule has 104 valence electrons. The molecule has 0 saturated heterocycles. The van der Waals surface area contributed by atoms with Gasteiger partial charge in [0, 0.05) is 0 Å². The maximum atomic E-state index is 11.9. The fourth-order valence-electron chi connectivity index (χ4n) is 2.61. The second-order valence-electron chi connectivity index (χ2n) is 5.14. The third kappa shape index (κ3) is 3.47. The van der Waals surface area contributed by atoms with E-state index in [4.69, 9.17) is 9.47 Å². The number of rotatable bonds is 4. The highest BCUT2D eigenvalue weighted by Crippen LogP contribution is 2.39. The monoisotopic (exact) mass is 256 g/mol. The zero-order valence-corrected chi connectivity index (χ0v) is 11.8. The molecule has 18 heavy (non-hydrogen) atoms. The maximum Gasteiger partial charge on any atom is 0.309 e. The molecule has 0 aliphatic heterocycles. The van der Waals surface area contributed by atoms with Crippen molar-refractivity contribution < 1.29 is 19.1 Å². The summed E-state index contributed by atoms with van der Waals surface area (Å²) in [6.07, 6.45) is 1.42. The number of ether oxygens (including phenoxy) is 2. The van der Waals surface area contributed by atoms with E-state index in [0.29, 0.717) is 37.9 Å². The number of esters is 2. The van der Waals surface area contributed by atoms with Crippen LogP contribution in [0.25, 0.3) is 0 Å². The van der Waals surface area contributed by atoms with Crippen molar-refractivity contribution in [3.63, 3.8) is 0 Å². The molecule has 0 heterocycles. The number of hydrogen-bond acceptors (Lipinski definition) is 4. The van der Waals surface area contributed by atoms with Crippen molar-refractivity contribution >= 4 is 11.9 Å². The highest BCUT2D eigenvalue weighted by molar-refractivity contribution is 5.82. The smallest absolute Gasteiger partial charge is 0.309 e. The summed E-state index contributed by atoms with van der Waals surface area (Å²) in [7, 11) is 0. The molecule has 4 atom stereocenters. The van der Waals surface area contributed by atoms with E-state index in [1.807, 2.05) is 0 Å².